The van der Waals surface area contributed by atoms with Gasteiger partial charge in [0, 0.05) is 17.8 Å². The fourth-order valence-electron chi connectivity index (χ4n) is 2.16. The SMILES string of the molecule is Cc1ccc(Cc2ccc(F)cc2)n1-n1cnnc1. The third-order valence-electron chi connectivity index (χ3n) is 3.06. The quantitative estimate of drug-likeness (QED) is 0.721. The van der Waals surface area contributed by atoms with Gasteiger partial charge < -0.3 is 0 Å². The summed E-state index contributed by atoms with van der Waals surface area (Å²) in [6, 6.07) is 10.7. The van der Waals surface area contributed by atoms with Crippen LogP contribution in [0.15, 0.2) is 49.1 Å². The molecule has 0 saturated carbocycles. The Balaban J connectivity index is 1.96. The summed E-state index contributed by atoms with van der Waals surface area (Å²) in [5, 5.41) is 7.64. The van der Waals surface area contributed by atoms with Crippen LogP contribution in [0, 0.1) is 12.7 Å². The van der Waals surface area contributed by atoms with Crippen molar-refractivity contribution in [3.05, 3.63) is 71.8 Å². The topological polar surface area (TPSA) is 35.6 Å². The van der Waals surface area contributed by atoms with E-state index in [4.69, 9.17) is 0 Å². The maximum absolute atomic E-state index is 12.9. The molecule has 4 nitrogen and oxygen atoms in total. The van der Waals surface area contributed by atoms with Crippen LogP contribution < -0.4 is 0 Å². The van der Waals surface area contributed by atoms with E-state index in [-0.39, 0.29) is 5.82 Å². The molecule has 0 fully saturated rings. The summed E-state index contributed by atoms with van der Waals surface area (Å²) < 4.78 is 16.8. The maximum Gasteiger partial charge on any atom is 0.139 e. The minimum atomic E-state index is -0.214. The molecule has 0 saturated heterocycles. The molecule has 5 heteroatoms. The fourth-order valence-corrected chi connectivity index (χ4v) is 2.16. The van der Waals surface area contributed by atoms with Crippen molar-refractivity contribution in [3.8, 4) is 0 Å². The lowest BCUT2D eigenvalue weighted by Gasteiger charge is -2.11. The van der Waals surface area contributed by atoms with Gasteiger partial charge in [-0.2, -0.15) is 0 Å². The van der Waals surface area contributed by atoms with Crippen molar-refractivity contribution in [2.24, 2.45) is 0 Å². The summed E-state index contributed by atoms with van der Waals surface area (Å²) in [7, 11) is 0. The van der Waals surface area contributed by atoms with Crippen molar-refractivity contribution in [1.82, 2.24) is 19.5 Å². The lowest BCUT2D eigenvalue weighted by atomic mass is 10.1. The molecule has 0 aliphatic carbocycles. The van der Waals surface area contributed by atoms with E-state index < -0.39 is 0 Å². The molecule has 19 heavy (non-hydrogen) atoms. The van der Waals surface area contributed by atoms with Crippen molar-refractivity contribution in [2.75, 3.05) is 0 Å². The molecule has 1 aromatic carbocycles. The first-order chi connectivity index (χ1) is 9.24. The van der Waals surface area contributed by atoms with Crippen molar-refractivity contribution >= 4 is 0 Å². The van der Waals surface area contributed by atoms with E-state index >= 15 is 0 Å². The molecule has 0 spiro atoms. The number of aryl methyl sites for hydroxylation is 1. The minimum Gasteiger partial charge on any atom is -0.255 e. The number of hydrogen-bond acceptors (Lipinski definition) is 2. The minimum absolute atomic E-state index is 0.214. The summed E-state index contributed by atoms with van der Waals surface area (Å²) in [6.07, 6.45) is 4.04. The van der Waals surface area contributed by atoms with Crippen molar-refractivity contribution in [1.29, 1.82) is 0 Å². The van der Waals surface area contributed by atoms with Gasteiger partial charge in [0.05, 0.1) is 0 Å². The average molecular weight is 256 g/mol. The monoisotopic (exact) mass is 256 g/mol. The zero-order valence-electron chi connectivity index (χ0n) is 10.5. The summed E-state index contributed by atoms with van der Waals surface area (Å²) in [5.41, 5.74) is 3.26. The van der Waals surface area contributed by atoms with E-state index in [0.29, 0.717) is 0 Å². The van der Waals surface area contributed by atoms with Gasteiger partial charge in [0.2, 0.25) is 0 Å². The van der Waals surface area contributed by atoms with Crippen LogP contribution in [-0.4, -0.2) is 19.5 Å². The van der Waals surface area contributed by atoms with Crippen LogP contribution in [0.1, 0.15) is 17.0 Å². The lowest BCUT2D eigenvalue weighted by molar-refractivity contribution is 0.611. The van der Waals surface area contributed by atoms with Crippen LogP contribution in [0.5, 0.6) is 0 Å². The second kappa shape index (κ2) is 4.68. The number of aromatic nitrogens is 4. The highest BCUT2D eigenvalue weighted by Gasteiger charge is 2.08. The number of hydrogen-bond donors (Lipinski definition) is 0. The zero-order valence-corrected chi connectivity index (χ0v) is 10.5. The third kappa shape index (κ3) is 2.27. The van der Waals surface area contributed by atoms with E-state index in [1.165, 1.54) is 12.1 Å². The molecular weight excluding hydrogens is 243 g/mol. The van der Waals surface area contributed by atoms with E-state index in [0.717, 1.165) is 23.4 Å². The Morgan fingerprint density at radius 2 is 1.68 bits per heavy atom. The lowest BCUT2D eigenvalue weighted by Crippen LogP contribution is -2.12. The highest BCUT2D eigenvalue weighted by Crippen LogP contribution is 2.14. The standard InChI is InChI=1S/C14H13FN4/c1-11-2-7-14(19(11)18-9-16-17-10-18)8-12-3-5-13(15)6-4-12/h2-7,9-10H,8H2,1H3. The summed E-state index contributed by atoms with van der Waals surface area (Å²) in [5.74, 6) is -0.214. The predicted molar refractivity (Wildman–Crippen MR) is 69.2 cm³/mol. The van der Waals surface area contributed by atoms with Gasteiger partial charge in [-0.25, -0.2) is 9.07 Å². The fraction of sp³-hybridized carbons (Fsp3) is 0.143. The Morgan fingerprint density at radius 1 is 1.00 bits per heavy atom. The molecule has 0 radical (unpaired) electrons. The molecule has 0 aliphatic rings. The molecule has 2 heterocycles. The van der Waals surface area contributed by atoms with Crippen LogP contribution in [0.25, 0.3) is 0 Å². The third-order valence-corrected chi connectivity index (χ3v) is 3.06. The van der Waals surface area contributed by atoms with Gasteiger partial charge in [-0.05, 0) is 36.8 Å². The van der Waals surface area contributed by atoms with Gasteiger partial charge in [-0.3, -0.25) is 4.68 Å². The van der Waals surface area contributed by atoms with Crippen LogP contribution in [0.4, 0.5) is 4.39 Å². The van der Waals surface area contributed by atoms with E-state index in [1.807, 2.05) is 22.3 Å². The van der Waals surface area contributed by atoms with Crippen molar-refractivity contribution < 1.29 is 4.39 Å². The maximum atomic E-state index is 12.9. The Bertz CT molecular complexity index is 668. The Labute approximate surface area is 110 Å². The first kappa shape index (κ1) is 11.6. The molecule has 0 unspecified atom stereocenters. The van der Waals surface area contributed by atoms with Gasteiger partial charge in [0.15, 0.2) is 0 Å². The Hall–Kier alpha value is -2.43. The molecule has 0 bridgehead atoms. The molecule has 3 aromatic rings. The first-order valence-electron chi connectivity index (χ1n) is 6.01. The molecule has 96 valence electrons. The second-order valence-electron chi connectivity index (χ2n) is 4.42. The number of halogens is 1. The largest absolute Gasteiger partial charge is 0.255 e. The normalized spacial score (nSPS) is 10.8. The summed E-state index contributed by atoms with van der Waals surface area (Å²) in [4.78, 5) is 0. The first-order valence-corrected chi connectivity index (χ1v) is 6.01. The number of benzene rings is 1. The number of nitrogens with zero attached hydrogens (tertiary/aromatic N) is 4. The van der Waals surface area contributed by atoms with Crippen molar-refractivity contribution in [2.45, 2.75) is 13.3 Å². The molecule has 3 rings (SSSR count). The van der Waals surface area contributed by atoms with Crippen LogP contribution in [0.3, 0.4) is 0 Å². The van der Waals surface area contributed by atoms with Gasteiger partial charge in [-0.1, -0.05) is 12.1 Å². The van der Waals surface area contributed by atoms with Gasteiger partial charge >= 0.3 is 0 Å². The predicted octanol–water partition coefficient (Wildman–Crippen LogP) is 2.43. The molecule has 0 amide bonds. The second-order valence-corrected chi connectivity index (χ2v) is 4.42. The highest BCUT2D eigenvalue weighted by molar-refractivity contribution is 5.25. The highest BCUT2D eigenvalue weighted by atomic mass is 19.1. The molecule has 2 aromatic heterocycles. The average Bonchev–Trinajstić information content (AvgIpc) is 3.02. The summed E-state index contributed by atoms with van der Waals surface area (Å²) in [6.45, 7) is 2.02. The van der Waals surface area contributed by atoms with Gasteiger partial charge in [-0.15, -0.1) is 10.2 Å². The van der Waals surface area contributed by atoms with E-state index in [2.05, 4.69) is 16.3 Å². The molecular formula is C14H13FN4. The molecule has 0 N–H and O–H groups in total. The van der Waals surface area contributed by atoms with E-state index in [9.17, 15) is 4.39 Å². The van der Waals surface area contributed by atoms with Crippen LogP contribution in [-0.2, 0) is 6.42 Å². The van der Waals surface area contributed by atoms with Crippen LogP contribution >= 0.6 is 0 Å². The van der Waals surface area contributed by atoms with Gasteiger partial charge in [0.1, 0.15) is 18.5 Å². The smallest absolute Gasteiger partial charge is 0.139 e. The van der Waals surface area contributed by atoms with Crippen molar-refractivity contribution in [3.63, 3.8) is 0 Å². The number of rotatable bonds is 3. The summed E-state index contributed by atoms with van der Waals surface area (Å²) >= 11 is 0. The van der Waals surface area contributed by atoms with Gasteiger partial charge in [0.25, 0.3) is 0 Å². The molecule has 0 aliphatic heterocycles. The Kier molecular flexibility index (Phi) is 2.87. The van der Waals surface area contributed by atoms with E-state index in [1.54, 1.807) is 24.8 Å². The Morgan fingerprint density at radius 3 is 2.37 bits per heavy atom. The van der Waals surface area contributed by atoms with Crippen LogP contribution in [0.2, 0.25) is 0 Å². The zero-order chi connectivity index (χ0) is 13.2. The molecule has 0 atom stereocenters.